The number of rotatable bonds is 11. The summed E-state index contributed by atoms with van der Waals surface area (Å²) in [6.45, 7) is 14.3. The zero-order chi connectivity index (χ0) is 31.0. The van der Waals surface area contributed by atoms with Crippen LogP contribution in [0.25, 0.3) is 0 Å². The van der Waals surface area contributed by atoms with Crippen molar-refractivity contribution >= 4 is 17.9 Å². The number of nitrogens with two attached hydrogens (primary N) is 1. The molecule has 6 heteroatoms. The van der Waals surface area contributed by atoms with Gasteiger partial charge in [-0.3, -0.25) is 14.6 Å². The molecule has 2 aliphatic rings. The first kappa shape index (κ1) is 33.2. The highest BCUT2D eigenvalue weighted by atomic mass is 19.1. The molecule has 0 bridgehead atoms. The van der Waals surface area contributed by atoms with Crippen molar-refractivity contribution in [3.05, 3.63) is 82.1 Å². The van der Waals surface area contributed by atoms with Gasteiger partial charge in [-0.25, -0.2) is 4.39 Å². The Balaban J connectivity index is 0.000000458. The highest BCUT2D eigenvalue weighted by Gasteiger charge is 2.47. The van der Waals surface area contributed by atoms with Crippen molar-refractivity contribution in [1.82, 2.24) is 5.32 Å². The fourth-order valence-corrected chi connectivity index (χ4v) is 6.21. The molecule has 0 aliphatic heterocycles. The molecule has 3 N–H and O–H groups in total. The first-order valence-electron chi connectivity index (χ1n) is 15.5. The molecule has 4 unspecified atom stereocenters. The Hall–Kier alpha value is -3.28. The van der Waals surface area contributed by atoms with Crippen molar-refractivity contribution in [2.24, 2.45) is 34.4 Å². The molecule has 0 radical (unpaired) electrons. The molecule has 2 aromatic carbocycles. The van der Waals surface area contributed by atoms with Gasteiger partial charge >= 0.3 is 0 Å². The second-order valence-corrected chi connectivity index (χ2v) is 12.7. The fourth-order valence-electron chi connectivity index (χ4n) is 6.21. The summed E-state index contributed by atoms with van der Waals surface area (Å²) >= 11 is 0. The number of amides is 1. The third kappa shape index (κ3) is 9.11. The van der Waals surface area contributed by atoms with Crippen LogP contribution >= 0.6 is 0 Å². The Labute approximate surface area is 252 Å². The Morgan fingerprint density at radius 2 is 1.86 bits per heavy atom. The van der Waals surface area contributed by atoms with E-state index in [9.17, 15) is 14.0 Å². The summed E-state index contributed by atoms with van der Waals surface area (Å²) in [7, 11) is 0. The molecule has 0 saturated heterocycles. The van der Waals surface area contributed by atoms with Crippen LogP contribution in [0.15, 0.2) is 59.2 Å². The van der Waals surface area contributed by atoms with Gasteiger partial charge in [-0.05, 0) is 86.0 Å². The number of nitrogens with zero attached hydrogens (tertiary/aromatic N) is 1. The van der Waals surface area contributed by atoms with E-state index in [1.165, 1.54) is 30.0 Å². The standard InChI is InChI=1S/C28H36FN3O.C8H14O/c1-18(2)10-23-9-8-21(12-27(23)20(4)29)16-31-17-25(15-30)28(33)32-26-13-24(14-26)22-7-5-6-19(3)11-22;1-4-7-5(2)8(7)6(3)9/h5-9,11-12,15,17-18,20,24,26H,10,13-14,16,30H2,1-4H3,(H,32,33);5,7-8H,4H2,1-3H3/b25-15+,31-17?;. The molecule has 2 aliphatic carbocycles. The molecule has 2 saturated carbocycles. The highest BCUT2D eigenvalue weighted by Crippen LogP contribution is 2.48. The van der Waals surface area contributed by atoms with Crippen molar-refractivity contribution < 1.29 is 14.0 Å². The van der Waals surface area contributed by atoms with Crippen LogP contribution in [0.5, 0.6) is 0 Å². The number of halogens is 1. The summed E-state index contributed by atoms with van der Waals surface area (Å²) in [4.78, 5) is 27.8. The molecule has 42 heavy (non-hydrogen) atoms. The van der Waals surface area contributed by atoms with Crippen LogP contribution < -0.4 is 11.1 Å². The minimum absolute atomic E-state index is 0.147. The number of carbonyl (C=O) groups is 2. The molecule has 4 rings (SSSR count). The summed E-state index contributed by atoms with van der Waals surface area (Å²) in [6, 6.07) is 14.5. The van der Waals surface area contributed by atoms with Crippen LogP contribution in [-0.2, 0) is 22.6 Å². The molecule has 5 nitrogen and oxygen atoms in total. The number of hydrogen-bond acceptors (Lipinski definition) is 4. The normalized spacial score (nSPS) is 24.0. The number of benzene rings is 2. The maximum absolute atomic E-state index is 14.1. The van der Waals surface area contributed by atoms with E-state index in [0.717, 1.165) is 36.0 Å². The SMILES string of the molecule is CCC1C(C)C1C(C)=O.Cc1cccc(C2CC(NC(=O)/C(C=NCc3ccc(CC(C)C)c(C(C)F)c3)=C/N)C2)c1. The lowest BCUT2D eigenvalue weighted by Gasteiger charge is -2.36. The monoisotopic (exact) mass is 575 g/mol. The van der Waals surface area contributed by atoms with Gasteiger partial charge in [0.1, 0.15) is 12.0 Å². The van der Waals surface area contributed by atoms with Gasteiger partial charge in [-0.15, -0.1) is 0 Å². The topological polar surface area (TPSA) is 84.5 Å². The lowest BCUT2D eigenvalue weighted by Crippen LogP contribution is -2.44. The zero-order valence-corrected chi connectivity index (χ0v) is 26.5. The van der Waals surface area contributed by atoms with Gasteiger partial charge in [0.25, 0.3) is 5.91 Å². The Morgan fingerprint density at radius 3 is 2.38 bits per heavy atom. The molecule has 0 spiro atoms. The average molecular weight is 576 g/mol. The molecule has 1 amide bonds. The van der Waals surface area contributed by atoms with Crippen LogP contribution in [0.3, 0.4) is 0 Å². The van der Waals surface area contributed by atoms with E-state index in [-0.39, 0.29) is 11.9 Å². The second kappa shape index (κ2) is 15.3. The van der Waals surface area contributed by atoms with E-state index in [2.05, 4.69) is 69.2 Å². The van der Waals surface area contributed by atoms with E-state index in [4.69, 9.17) is 5.73 Å². The van der Waals surface area contributed by atoms with Crippen LogP contribution in [0.1, 0.15) is 101 Å². The van der Waals surface area contributed by atoms with E-state index < -0.39 is 6.17 Å². The van der Waals surface area contributed by atoms with Gasteiger partial charge in [-0.2, -0.15) is 0 Å². The van der Waals surface area contributed by atoms with Crippen LogP contribution in [0.4, 0.5) is 4.39 Å². The minimum atomic E-state index is -1.03. The number of hydrogen-bond donors (Lipinski definition) is 2. The Morgan fingerprint density at radius 1 is 1.14 bits per heavy atom. The van der Waals surface area contributed by atoms with Crippen LogP contribution in [0, 0.1) is 30.6 Å². The Bertz CT molecular complexity index is 1280. The zero-order valence-electron chi connectivity index (χ0n) is 26.5. The summed E-state index contributed by atoms with van der Waals surface area (Å²) in [5.41, 5.74) is 11.3. The number of nitrogens with one attached hydrogen (secondary N) is 1. The smallest absolute Gasteiger partial charge is 0.254 e. The van der Waals surface area contributed by atoms with Gasteiger partial charge in [0, 0.05) is 24.4 Å². The Kier molecular flexibility index (Phi) is 12.1. The molecule has 0 heterocycles. The minimum Gasteiger partial charge on any atom is -0.404 e. The number of Topliss-reactive ketones (excluding diaryl/α,β-unsaturated/α-hetero) is 1. The van der Waals surface area contributed by atoms with Crippen molar-refractivity contribution in [2.75, 3.05) is 0 Å². The van der Waals surface area contributed by atoms with Crippen LogP contribution in [0.2, 0.25) is 0 Å². The predicted molar refractivity (Wildman–Crippen MR) is 171 cm³/mol. The quantitative estimate of drug-likeness (QED) is 0.214. The predicted octanol–water partition coefficient (Wildman–Crippen LogP) is 7.57. The molecular formula is C36H50FN3O2. The number of alkyl halides is 1. The molecule has 2 aromatic rings. The molecular weight excluding hydrogens is 525 g/mol. The lowest BCUT2D eigenvalue weighted by molar-refractivity contribution is -0.119. The van der Waals surface area contributed by atoms with Gasteiger partial charge in [-0.1, -0.05) is 82.1 Å². The first-order chi connectivity index (χ1) is 19.9. The summed E-state index contributed by atoms with van der Waals surface area (Å²) in [6.07, 6.45) is 5.64. The van der Waals surface area contributed by atoms with E-state index in [1.807, 2.05) is 18.2 Å². The highest BCUT2D eigenvalue weighted by molar-refractivity contribution is 6.12. The third-order valence-electron chi connectivity index (χ3n) is 8.70. The number of aliphatic imine (C=N–C) groups is 1. The number of aryl methyl sites for hydroxylation is 1. The number of carbonyl (C=O) groups excluding carboxylic acids is 2. The lowest BCUT2D eigenvalue weighted by atomic mass is 9.75. The van der Waals surface area contributed by atoms with Crippen molar-refractivity contribution in [3.63, 3.8) is 0 Å². The molecule has 4 atom stereocenters. The average Bonchev–Trinajstić information content (AvgIpc) is 3.58. The third-order valence-corrected chi connectivity index (χ3v) is 8.70. The first-order valence-corrected chi connectivity index (χ1v) is 15.5. The largest absolute Gasteiger partial charge is 0.404 e. The molecule has 2 fully saturated rings. The van der Waals surface area contributed by atoms with E-state index >= 15 is 0 Å². The van der Waals surface area contributed by atoms with Gasteiger partial charge in [0.15, 0.2) is 0 Å². The van der Waals surface area contributed by atoms with Gasteiger partial charge < -0.3 is 11.1 Å². The van der Waals surface area contributed by atoms with Crippen molar-refractivity contribution in [1.29, 1.82) is 0 Å². The van der Waals surface area contributed by atoms with Crippen molar-refractivity contribution in [3.8, 4) is 0 Å². The van der Waals surface area contributed by atoms with Gasteiger partial charge in [0.2, 0.25) is 0 Å². The maximum atomic E-state index is 14.1. The van der Waals surface area contributed by atoms with Crippen LogP contribution in [-0.4, -0.2) is 23.9 Å². The van der Waals surface area contributed by atoms with Gasteiger partial charge in [0.05, 0.1) is 12.1 Å². The van der Waals surface area contributed by atoms with Crippen molar-refractivity contribution in [2.45, 2.75) is 98.8 Å². The molecule has 0 aromatic heterocycles. The summed E-state index contributed by atoms with van der Waals surface area (Å²) in [5.74, 6) is 2.92. The fraction of sp³-hybridized carbons (Fsp3) is 0.528. The summed E-state index contributed by atoms with van der Waals surface area (Å²) in [5, 5.41) is 3.05. The second-order valence-electron chi connectivity index (χ2n) is 12.7. The molecule has 228 valence electrons. The maximum Gasteiger partial charge on any atom is 0.254 e. The summed E-state index contributed by atoms with van der Waals surface area (Å²) < 4.78 is 14.1. The number of ketones is 1. The van der Waals surface area contributed by atoms with E-state index in [1.54, 1.807) is 13.8 Å². The van der Waals surface area contributed by atoms with E-state index in [0.29, 0.717) is 47.5 Å².